The Hall–Kier alpha value is -1.63. The lowest BCUT2D eigenvalue weighted by Crippen LogP contribution is -2.47. The molecular formula is C16H28N4O3. The fourth-order valence-electron chi connectivity index (χ4n) is 2.55. The fourth-order valence-corrected chi connectivity index (χ4v) is 2.55. The van der Waals surface area contributed by atoms with Crippen LogP contribution >= 0.6 is 0 Å². The van der Waals surface area contributed by atoms with Crippen LogP contribution in [-0.4, -0.2) is 33.4 Å². The van der Waals surface area contributed by atoms with E-state index in [2.05, 4.69) is 20.8 Å². The number of rotatable bonds is 6. The number of hydrogen-bond donors (Lipinski definition) is 3. The average molecular weight is 324 g/mol. The first-order chi connectivity index (χ1) is 10.8. The summed E-state index contributed by atoms with van der Waals surface area (Å²) in [5.41, 5.74) is -0.944. The van der Waals surface area contributed by atoms with Crippen molar-refractivity contribution in [3.05, 3.63) is 11.7 Å². The van der Waals surface area contributed by atoms with E-state index < -0.39 is 5.60 Å². The Morgan fingerprint density at radius 1 is 1.39 bits per heavy atom. The molecule has 2 unspecified atom stereocenters. The minimum Gasteiger partial charge on any atom is -0.388 e. The molecule has 23 heavy (non-hydrogen) atoms. The molecule has 1 fully saturated rings. The van der Waals surface area contributed by atoms with E-state index in [0.29, 0.717) is 11.8 Å². The van der Waals surface area contributed by atoms with Crippen LogP contribution in [0.5, 0.6) is 0 Å². The Labute approximate surface area is 137 Å². The fraction of sp³-hybridized carbons (Fsp3) is 0.812. The van der Waals surface area contributed by atoms with Crippen LogP contribution in [0.15, 0.2) is 4.52 Å². The molecule has 1 heterocycles. The third kappa shape index (κ3) is 4.67. The zero-order valence-electron chi connectivity index (χ0n) is 14.4. The lowest BCUT2D eigenvalue weighted by Gasteiger charge is -2.28. The van der Waals surface area contributed by atoms with Crippen molar-refractivity contribution in [1.29, 1.82) is 0 Å². The summed E-state index contributed by atoms with van der Waals surface area (Å²) in [7, 11) is 0. The standard InChI is InChI=1S/C16H28N4O3/c1-10(2)16(4,22)9-17-15(21)18-11(3)14-19-13(20-23-14)12-7-5-6-8-12/h10-12,22H,5-9H2,1-4H3,(H2,17,18,21). The maximum absolute atomic E-state index is 11.9. The van der Waals surface area contributed by atoms with E-state index in [-0.39, 0.29) is 24.5 Å². The number of hydrogen-bond acceptors (Lipinski definition) is 5. The number of urea groups is 1. The molecule has 3 N–H and O–H groups in total. The Bertz CT molecular complexity index is 521. The molecule has 2 rings (SSSR count). The van der Waals surface area contributed by atoms with E-state index in [1.165, 1.54) is 12.8 Å². The monoisotopic (exact) mass is 324 g/mol. The zero-order valence-corrected chi connectivity index (χ0v) is 14.4. The number of nitrogens with zero attached hydrogens (tertiary/aromatic N) is 2. The van der Waals surface area contributed by atoms with Crippen molar-refractivity contribution in [2.24, 2.45) is 5.92 Å². The van der Waals surface area contributed by atoms with E-state index in [1.807, 2.05) is 13.8 Å². The number of nitrogens with one attached hydrogen (secondary N) is 2. The molecule has 0 aromatic carbocycles. The van der Waals surface area contributed by atoms with E-state index in [9.17, 15) is 9.90 Å². The Balaban J connectivity index is 1.84. The molecule has 0 saturated heterocycles. The molecule has 2 atom stereocenters. The van der Waals surface area contributed by atoms with Crippen molar-refractivity contribution >= 4 is 6.03 Å². The highest BCUT2D eigenvalue weighted by molar-refractivity contribution is 5.74. The first kappa shape index (κ1) is 17.7. The van der Waals surface area contributed by atoms with Crippen molar-refractivity contribution < 1.29 is 14.4 Å². The van der Waals surface area contributed by atoms with Crippen LogP contribution in [0, 0.1) is 5.92 Å². The summed E-state index contributed by atoms with van der Waals surface area (Å²) < 4.78 is 5.27. The lowest BCUT2D eigenvalue weighted by atomic mass is 9.93. The summed E-state index contributed by atoms with van der Waals surface area (Å²) in [6.45, 7) is 7.50. The maximum Gasteiger partial charge on any atom is 0.315 e. The van der Waals surface area contributed by atoms with Gasteiger partial charge in [0.2, 0.25) is 5.89 Å². The van der Waals surface area contributed by atoms with Crippen LogP contribution in [0.1, 0.15) is 77.1 Å². The molecule has 1 aliphatic carbocycles. The smallest absolute Gasteiger partial charge is 0.315 e. The largest absolute Gasteiger partial charge is 0.388 e. The Morgan fingerprint density at radius 3 is 2.65 bits per heavy atom. The molecular weight excluding hydrogens is 296 g/mol. The van der Waals surface area contributed by atoms with Gasteiger partial charge < -0.3 is 20.3 Å². The number of aliphatic hydroxyl groups is 1. The Kier molecular flexibility index (Phi) is 5.62. The molecule has 0 spiro atoms. The topological polar surface area (TPSA) is 100 Å². The van der Waals surface area contributed by atoms with Crippen molar-refractivity contribution in [3.8, 4) is 0 Å². The number of aromatic nitrogens is 2. The van der Waals surface area contributed by atoms with Crippen LogP contribution in [-0.2, 0) is 0 Å². The van der Waals surface area contributed by atoms with E-state index >= 15 is 0 Å². The Morgan fingerprint density at radius 2 is 2.04 bits per heavy atom. The van der Waals surface area contributed by atoms with Gasteiger partial charge in [-0.1, -0.05) is 31.8 Å². The van der Waals surface area contributed by atoms with E-state index in [1.54, 1.807) is 13.8 Å². The van der Waals surface area contributed by atoms with Crippen molar-refractivity contribution in [2.45, 2.75) is 70.9 Å². The first-order valence-corrected chi connectivity index (χ1v) is 8.40. The third-order valence-electron chi connectivity index (χ3n) is 4.75. The second kappa shape index (κ2) is 7.29. The van der Waals surface area contributed by atoms with Gasteiger partial charge in [0.1, 0.15) is 6.04 Å². The SMILES string of the molecule is CC(NC(=O)NCC(C)(O)C(C)C)c1nc(C2CCCC2)no1. The number of carbonyl (C=O) groups is 1. The lowest BCUT2D eigenvalue weighted by molar-refractivity contribution is 0.0165. The normalized spacial score (nSPS) is 19.6. The zero-order chi connectivity index (χ0) is 17.0. The van der Waals surface area contributed by atoms with Crippen LogP contribution in [0.2, 0.25) is 0 Å². The minimum atomic E-state index is -0.944. The van der Waals surface area contributed by atoms with Gasteiger partial charge in [-0.3, -0.25) is 0 Å². The predicted molar refractivity (Wildman–Crippen MR) is 85.9 cm³/mol. The van der Waals surface area contributed by atoms with Gasteiger partial charge in [-0.15, -0.1) is 0 Å². The highest BCUT2D eigenvalue weighted by Crippen LogP contribution is 2.32. The van der Waals surface area contributed by atoms with Gasteiger partial charge in [-0.05, 0) is 32.6 Å². The van der Waals surface area contributed by atoms with Gasteiger partial charge in [0.05, 0.1) is 5.60 Å². The van der Waals surface area contributed by atoms with Gasteiger partial charge in [-0.2, -0.15) is 4.98 Å². The van der Waals surface area contributed by atoms with Gasteiger partial charge >= 0.3 is 6.03 Å². The van der Waals surface area contributed by atoms with Gasteiger partial charge in [0.15, 0.2) is 5.82 Å². The molecule has 1 saturated carbocycles. The molecule has 0 bridgehead atoms. The summed E-state index contributed by atoms with van der Waals surface area (Å²) in [5.74, 6) is 1.59. The molecule has 7 heteroatoms. The second-order valence-electron chi connectivity index (χ2n) is 7.03. The van der Waals surface area contributed by atoms with Crippen molar-refractivity contribution in [1.82, 2.24) is 20.8 Å². The van der Waals surface area contributed by atoms with Gasteiger partial charge in [0, 0.05) is 12.5 Å². The quantitative estimate of drug-likeness (QED) is 0.746. The average Bonchev–Trinajstić information content (AvgIpc) is 3.15. The summed E-state index contributed by atoms with van der Waals surface area (Å²) >= 11 is 0. The van der Waals surface area contributed by atoms with Crippen LogP contribution in [0.4, 0.5) is 4.79 Å². The van der Waals surface area contributed by atoms with E-state index in [0.717, 1.165) is 18.7 Å². The van der Waals surface area contributed by atoms with Crippen LogP contribution < -0.4 is 10.6 Å². The maximum atomic E-state index is 11.9. The summed E-state index contributed by atoms with van der Waals surface area (Å²) in [4.78, 5) is 16.3. The van der Waals surface area contributed by atoms with Crippen molar-refractivity contribution in [3.63, 3.8) is 0 Å². The summed E-state index contributed by atoms with van der Waals surface area (Å²) in [5, 5.41) is 19.6. The summed E-state index contributed by atoms with van der Waals surface area (Å²) in [6.07, 6.45) is 4.62. The molecule has 1 aromatic rings. The van der Waals surface area contributed by atoms with Crippen LogP contribution in [0.25, 0.3) is 0 Å². The molecule has 0 radical (unpaired) electrons. The predicted octanol–water partition coefficient (Wildman–Crippen LogP) is 2.49. The third-order valence-corrected chi connectivity index (χ3v) is 4.75. The van der Waals surface area contributed by atoms with Gasteiger partial charge in [-0.25, -0.2) is 4.79 Å². The molecule has 1 aliphatic rings. The van der Waals surface area contributed by atoms with Crippen LogP contribution in [0.3, 0.4) is 0 Å². The molecule has 1 aromatic heterocycles. The molecule has 2 amide bonds. The number of amides is 2. The molecule has 7 nitrogen and oxygen atoms in total. The molecule has 0 aliphatic heterocycles. The first-order valence-electron chi connectivity index (χ1n) is 8.40. The molecule has 130 valence electrons. The van der Waals surface area contributed by atoms with E-state index in [4.69, 9.17) is 4.52 Å². The second-order valence-corrected chi connectivity index (χ2v) is 7.03. The van der Waals surface area contributed by atoms with Crippen molar-refractivity contribution in [2.75, 3.05) is 6.54 Å². The minimum absolute atomic E-state index is 0.0464. The number of carbonyl (C=O) groups excluding carboxylic acids is 1. The summed E-state index contributed by atoms with van der Waals surface area (Å²) in [6, 6.07) is -0.735. The van der Waals surface area contributed by atoms with Gasteiger partial charge in [0.25, 0.3) is 0 Å². The highest BCUT2D eigenvalue weighted by Gasteiger charge is 2.27. The highest BCUT2D eigenvalue weighted by atomic mass is 16.5.